The minimum Gasteiger partial charge on any atom is -0.455 e. The van der Waals surface area contributed by atoms with Gasteiger partial charge in [-0.15, -0.1) is 0 Å². The average Bonchev–Trinajstić information content (AvgIpc) is 3.60. The predicted molar refractivity (Wildman–Crippen MR) is 176 cm³/mol. The molecule has 2 heterocycles. The fraction of sp³-hybridized carbons (Fsp3) is 0.865. The van der Waals surface area contributed by atoms with Gasteiger partial charge in [0.25, 0.3) is 0 Å². The van der Waals surface area contributed by atoms with Crippen LogP contribution in [0.4, 0.5) is 0 Å². The summed E-state index contributed by atoms with van der Waals surface area (Å²) in [6.07, 6.45) is 30.3. The standard InChI is InChI=1S/C37H66O6/c1-3-4-5-6-7-8-9-10-14-19-24-33(38)34(39)25-20-15-16-21-26-35(40)36-28-27-32(43-36)23-18-13-11-12-17-22-31-29-30(2)42-37(31)41/h15-16,29-30,32-36,38-40H,3-14,17-28H2,1-2H3. The average molecular weight is 607 g/mol. The van der Waals surface area contributed by atoms with E-state index in [2.05, 4.69) is 19.1 Å². The number of aliphatic hydroxyl groups is 3. The van der Waals surface area contributed by atoms with Crippen molar-refractivity contribution in [2.75, 3.05) is 0 Å². The van der Waals surface area contributed by atoms with E-state index >= 15 is 0 Å². The molecule has 43 heavy (non-hydrogen) atoms. The molecule has 0 aromatic heterocycles. The molecule has 0 bridgehead atoms. The highest BCUT2D eigenvalue weighted by atomic mass is 16.5. The van der Waals surface area contributed by atoms with Crippen molar-refractivity contribution >= 4 is 5.97 Å². The zero-order valence-corrected chi connectivity index (χ0v) is 27.7. The van der Waals surface area contributed by atoms with Gasteiger partial charge in [0.05, 0.1) is 30.5 Å². The molecule has 2 aliphatic heterocycles. The summed E-state index contributed by atoms with van der Waals surface area (Å²) in [4.78, 5) is 11.6. The van der Waals surface area contributed by atoms with Gasteiger partial charge >= 0.3 is 5.97 Å². The normalized spacial score (nSPS) is 22.7. The van der Waals surface area contributed by atoms with Crippen LogP contribution in [0.25, 0.3) is 0 Å². The van der Waals surface area contributed by atoms with Crippen molar-refractivity contribution < 1.29 is 29.6 Å². The fourth-order valence-electron chi connectivity index (χ4n) is 6.44. The number of carbonyl (C=O) groups excluding carboxylic acids is 1. The Bertz CT molecular complexity index is 764. The van der Waals surface area contributed by atoms with Crippen molar-refractivity contribution in [3.63, 3.8) is 0 Å². The molecular formula is C37H66O6. The molecule has 2 rings (SSSR count). The molecule has 3 N–H and O–H groups in total. The van der Waals surface area contributed by atoms with Crippen molar-refractivity contribution in [1.82, 2.24) is 0 Å². The van der Waals surface area contributed by atoms with E-state index in [-0.39, 0.29) is 24.3 Å². The summed E-state index contributed by atoms with van der Waals surface area (Å²) in [5.74, 6) is -0.139. The van der Waals surface area contributed by atoms with E-state index in [1.807, 2.05) is 13.0 Å². The van der Waals surface area contributed by atoms with Crippen LogP contribution in [0.1, 0.15) is 168 Å². The number of aliphatic hydroxyl groups excluding tert-OH is 3. The first-order chi connectivity index (χ1) is 20.9. The van der Waals surface area contributed by atoms with Gasteiger partial charge in [0, 0.05) is 5.57 Å². The third kappa shape index (κ3) is 17.8. The number of rotatable bonds is 27. The molecule has 250 valence electrons. The van der Waals surface area contributed by atoms with Gasteiger partial charge in [0.2, 0.25) is 0 Å². The minimum atomic E-state index is -0.656. The third-order valence-electron chi connectivity index (χ3n) is 9.26. The predicted octanol–water partition coefficient (Wildman–Crippen LogP) is 8.65. The molecule has 1 fully saturated rings. The van der Waals surface area contributed by atoms with Crippen molar-refractivity contribution in [1.29, 1.82) is 0 Å². The van der Waals surface area contributed by atoms with Crippen LogP contribution < -0.4 is 0 Å². The first-order valence-electron chi connectivity index (χ1n) is 18.2. The summed E-state index contributed by atoms with van der Waals surface area (Å²) >= 11 is 0. The lowest BCUT2D eigenvalue weighted by Gasteiger charge is -2.19. The molecule has 1 saturated heterocycles. The first kappa shape index (κ1) is 38.0. The third-order valence-corrected chi connectivity index (χ3v) is 9.26. The highest BCUT2D eigenvalue weighted by Crippen LogP contribution is 2.28. The maximum Gasteiger partial charge on any atom is 0.334 e. The summed E-state index contributed by atoms with van der Waals surface area (Å²) in [5, 5.41) is 31.2. The molecular weight excluding hydrogens is 540 g/mol. The van der Waals surface area contributed by atoms with Crippen LogP contribution in [-0.2, 0) is 14.3 Å². The van der Waals surface area contributed by atoms with E-state index in [0.29, 0.717) is 19.3 Å². The molecule has 6 nitrogen and oxygen atoms in total. The smallest absolute Gasteiger partial charge is 0.334 e. The monoisotopic (exact) mass is 606 g/mol. The second kappa shape index (κ2) is 24.1. The van der Waals surface area contributed by atoms with E-state index in [1.165, 1.54) is 64.2 Å². The quantitative estimate of drug-likeness (QED) is 0.0492. The van der Waals surface area contributed by atoms with Crippen molar-refractivity contribution in [3.05, 3.63) is 23.8 Å². The summed E-state index contributed by atoms with van der Waals surface area (Å²) < 4.78 is 11.3. The van der Waals surface area contributed by atoms with Crippen molar-refractivity contribution in [2.24, 2.45) is 0 Å². The second-order valence-corrected chi connectivity index (χ2v) is 13.3. The van der Waals surface area contributed by atoms with Gasteiger partial charge in [-0.2, -0.15) is 0 Å². The number of cyclic esters (lactones) is 1. The Hall–Kier alpha value is -1.21. The van der Waals surface area contributed by atoms with Crippen LogP contribution in [0.2, 0.25) is 0 Å². The Kier molecular flexibility index (Phi) is 21.3. The molecule has 0 aromatic carbocycles. The van der Waals surface area contributed by atoms with E-state index in [0.717, 1.165) is 76.2 Å². The lowest BCUT2D eigenvalue weighted by Crippen LogP contribution is -2.26. The SMILES string of the molecule is CCCCCCCCCCCCC(O)C(O)CCC=CCCC(O)C1CCC(CCCCCCCC2=CC(C)OC2=O)O1. The molecule has 0 saturated carbocycles. The number of hydrogen-bond acceptors (Lipinski definition) is 6. The highest BCUT2D eigenvalue weighted by molar-refractivity contribution is 5.90. The van der Waals surface area contributed by atoms with Gasteiger partial charge in [-0.25, -0.2) is 4.79 Å². The van der Waals surface area contributed by atoms with Crippen LogP contribution in [-0.4, -0.2) is 57.9 Å². The molecule has 6 unspecified atom stereocenters. The summed E-state index contributed by atoms with van der Waals surface area (Å²) in [7, 11) is 0. The second-order valence-electron chi connectivity index (χ2n) is 13.3. The molecule has 0 aliphatic carbocycles. The van der Waals surface area contributed by atoms with Gasteiger partial charge in [0.15, 0.2) is 0 Å². The molecule has 2 aliphatic rings. The minimum absolute atomic E-state index is 0.0528. The van der Waals surface area contributed by atoms with Crippen LogP contribution in [0.3, 0.4) is 0 Å². The van der Waals surface area contributed by atoms with Gasteiger partial charge < -0.3 is 24.8 Å². The number of esters is 1. The lowest BCUT2D eigenvalue weighted by molar-refractivity contribution is -0.139. The number of allylic oxidation sites excluding steroid dienone is 2. The molecule has 6 heteroatoms. The fourth-order valence-corrected chi connectivity index (χ4v) is 6.44. The molecule has 0 aromatic rings. The summed E-state index contributed by atoms with van der Waals surface area (Å²) in [6.45, 7) is 4.16. The van der Waals surface area contributed by atoms with E-state index in [4.69, 9.17) is 9.47 Å². The van der Waals surface area contributed by atoms with Crippen molar-refractivity contribution in [3.8, 4) is 0 Å². The van der Waals surface area contributed by atoms with E-state index in [9.17, 15) is 20.1 Å². The van der Waals surface area contributed by atoms with E-state index in [1.54, 1.807) is 0 Å². The number of carbonyl (C=O) groups is 1. The van der Waals surface area contributed by atoms with Crippen LogP contribution >= 0.6 is 0 Å². The number of ether oxygens (including phenoxy) is 2. The van der Waals surface area contributed by atoms with Crippen LogP contribution in [0, 0.1) is 0 Å². The summed E-state index contributed by atoms with van der Waals surface area (Å²) in [5.41, 5.74) is 0.843. The maximum absolute atomic E-state index is 11.6. The number of unbranched alkanes of at least 4 members (excludes halogenated alkanes) is 13. The van der Waals surface area contributed by atoms with E-state index < -0.39 is 18.3 Å². The first-order valence-corrected chi connectivity index (χ1v) is 18.2. The lowest BCUT2D eigenvalue weighted by atomic mass is 10.0. The Morgan fingerprint density at radius 3 is 2.00 bits per heavy atom. The van der Waals surface area contributed by atoms with Crippen LogP contribution in [0.5, 0.6) is 0 Å². The highest BCUT2D eigenvalue weighted by Gasteiger charge is 2.29. The molecule has 0 radical (unpaired) electrons. The topological polar surface area (TPSA) is 96.2 Å². The zero-order chi connectivity index (χ0) is 31.1. The Balaban J connectivity index is 1.39. The van der Waals surface area contributed by atoms with Gasteiger partial charge in [-0.1, -0.05) is 109 Å². The Morgan fingerprint density at radius 2 is 1.35 bits per heavy atom. The Morgan fingerprint density at radius 1 is 0.767 bits per heavy atom. The van der Waals surface area contributed by atoms with Gasteiger partial charge in [0.1, 0.15) is 6.10 Å². The molecule has 0 amide bonds. The van der Waals surface area contributed by atoms with Crippen molar-refractivity contribution in [2.45, 2.75) is 205 Å². The van der Waals surface area contributed by atoms with Gasteiger partial charge in [-0.05, 0) is 77.2 Å². The summed E-state index contributed by atoms with van der Waals surface area (Å²) in [6, 6.07) is 0. The van der Waals surface area contributed by atoms with Crippen LogP contribution in [0.15, 0.2) is 23.8 Å². The maximum atomic E-state index is 11.6. The Labute approximate surface area is 263 Å². The largest absolute Gasteiger partial charge is 0.455 e. The number of hydrogen-bond donors (Lipinski definition) is 3. The van der Waals surface area contributed by atoms with Gasteiger partial charge in [-0.3, -0.25) is 0 Å². The molecule has 6 atom stereocenters. The molecule has 0 spiro atoms. The zero-order valence-electron chi connectivity index (χ0n) is 27.7.